The average molecular weight is 537 g/mol. The summed E-state index contributed by atoms with van der Waals surface area (Å²) in [5.41, 5.74) is 11.2. The molecule has 1 aliphatic rings. The Balaban J connectivity index is 1.27. The molecule has 5 aromatic rings. The van der Waals surface area contributed by atoms with Gasteiger partial charge in [-0.25, -0.2) is 4.98 Å². The molecule has 202 valence electrons. The molecule has 4 aromatic heterocycles. The quantitative estimate of drug-likeness (QED) is 0.286. The van der Waals surface area contributed by atoms with E-state index in [0.29, 0.717) is 61.3 Å². The number of anilines is 2. The van der Waals surface area contributed by atoms with Crippen molar-refractivity contribution in [2.45, 2.75) is 6.54 Å². The van der Waals surface area contributed by atoms with Crippen molar-refractivity contribution in [2.75, 3.05) is 36.5 Å². The van der Waals surface area contributed by atoms with Crippen molar-refractivity contribution in [3.05, 3.63) is 79.2 Å². The average Bonchev–Trinajstić information content (AvgIpc) is 3.62. The van der Waals surface area contributed by atoms with Crippen molar-refractivity contribution >= 4 is 34.4 Å². The molecule has 12 heteroatoms. The number of fused-ring (bicyclic) bond motifs is 1. The summed E-state index contributed by atoms with van der Waals surface area (Å²) in [7, 11) is 1.87. The molecule has 1 aromatic carbocycles. The predicted molar refractivity (Wildman–Crippen MR) is 152 cm³/mol. The number of aromatic nitrogens is 7. The molecule has 0 saturated carbocycles. The monoisotopic (exact) mass is 536 g/mol. The van der Waals surface area contributed by atoms with Gasteiger partial charge in [0.05, 0.1) is 37.3 Å². The lowest BCUT2D eigenvalue weighted by Gasteiger charge is -2.27. The summed E-state index contributed by atoms with van der Waals surface area (Å²) in [6.45, 7) is 6.89. The number of primary amides is 1. The molecule has 3 N–H and O–H groups in total. The largest absolute Gasteiger partial charge is 0.378 e. The summed E-state index contributed by atoms with van der Waals surface area (Å²) < 4.78 is 9.17. The number of ether oxygens (including phenoxy) is 1. The van der Waals surface area contributed by atoms with Gasteiger partial charge in [0.25, 0.3) is 0 Å². The third-order valence-electron chi connectivity index (χ3n) is 6.75. The number of morpholine rings is 1. The zero-order valence-corrected chi connectivity index (χ0v) is 22.0. The second-order valence-corrected chi connectivity index (χ2v) is 9.45. The number of nitrogens with one attached hydrogen (secondary N) is 1. The van der Waals surface area contributed by atoms with Gasteiger partial charge in [0.1, 0.15) is 6.33 Å². The van der Waals surface area contributed by atoms with Gasteiger partial charge in [0, 0.05) is 43.7 Å². The Hall–Kier alpha value is -5.10. The summed E-state index contributed by atoms with van der Waals surface area (Å²) in [5, 5.41) is 7.71. The van der Waals surface area contributed by atoms with Crippen molar-refractivity contribution in [2.24, 2.45) is 12.8 Å². The van der Waals surface area contributed by atoms with Gasteiger partial charge in [-0.1, -0.05) is 30.8 Å². The second kappa shape index (κ2) is 10.6. The molecule has 0 atom stereocenters. The smallest absolute Gasteiger partial charge is 0.248 e. The van der Waals surface area contributed by atoms with Crippen molar-refractivity contribution in [3.63, 3.8) is 0 Å². The van der Waals surface area contributed by atoms with E-state index in [-0.39, 0.29) is 5.57 Å². The molecular weight excluding hydrogens is 508 g/mol. The molecule has 0 bridgehead atoms. The molecule has 0 aliphatic carbocycles. The van der Waals surface area contributed by atoms with Gasteiger partial charge in [-0.15, -0.1) is 0 Å². The highest BCUT2D eigenvalue weighted by Gasteiger charge is 2.20. The molecule has 0 unspecified atom stereocenters. The lowest BCUT2D eigenvalue weighted by atomic mass is 10.0. The maximum Gasteiger partial charge on any atom is 0.248 e. The first-order valence-electron chi connectivity index (χ1n) is 12.8. The van der Waals surface area contributed by atoms with Gasteiger partial charge in [0.15, 0.2) is 17.0 Å². The highest BCUT2D eigenvalue weighted by atomic mass is 16.5. The summed E-state index contributed by atoms with van der Waals surface area (Å²) >= 11 is 0. The van der Waals surface area contributed by atoms with E-state index in [4.69, 9.17) is 20.4 Å². The van der Waals surface area contributed by atoms with E-state index in [2.05, 4.69) is 31.9 Å². The number of carbonyl (C=O) groups excluding carboxylic acids is 1. The third-order valence-corrected chi connectivity index (χ3v) is 6.75. The van der Waals surface area contributed by atoms with Crippen LogP contribution in [0, 0.1) is 0 Å². The van der Waals surface area contributed by atoms with E-state index in [1.165, 1.54) is 0 Å². The van der Waals surface area contributed by atoms with Gasteiger partial charge in [-0.3, -0.25) is 19.0 Å². The number of hydrogen-bond donors (Lipinski definition) is 2. The molecule has 12 nitrogen and oxygen atoms in total. The minimum Gasteiger partial charge on any atom is -0.378 e. The maximum atomic E-state index is 11.5. The highest BCUT2D eigenvalue weighted by molar-refractivity contribution is 6.18. The number of rotatable bonds is 8. The van der Waals surface area contributed by atoms with Crippen molar-refractivity contribution in [1.29, 1.82) is 0 Å². The van der Waals surface area contributed by atoms with Crippen molar-refractivity contribution in [3.8, 4) is 16.8 Å². The Bertz CT molecular complexity index is 1700. The van der Waals surface area contributed by atoms with Gasteiger partial charge in [-0.2, -0.15) is 15.1 Å². The van der Waals surface area contributed by atoms with Crippen LogP contribution in [0.3, 0.4) is 0 Å². The fourth-order valence-corrected chi connectivity index (χ4v) is 4.54. The van der Waals surface area contributed by atoms with Crippen molar-refractivity contribution in [1.82, 2.24) is 34.3 Å². The lowest BCUT2D eigenvalue weighted by Crippen LogP contribution is -2.37. The fourth-order valence-electron chi connectivity index (χ4n) is 4.54. The van der Waals surface area contributed by atoms with Crippen LogP contribution in [0.4, 0.5) is 11.8 Å². The number of amides is 1. The van der Waals surface area contributed by atoms with Crippen LogP contribution in [-0.4, -0.2) is 66.5 Å². The van der Waals surface area contributed by atoms with Crippen LogP contribution in [0.25, 0.3) is 33.6 Å². The molecular formula is C28H28N10O2. The van der Waals surface area contributed by atoms with Gasteiger partial charge in [-0.05, 0) is 23.3 Å². The molecule has 1 amide bonds. The minimum absolute atomic E-state index is 0.272. The maximum absolute atomic E-state index is 11.5. The molecule has 1 aliphatic heterocycles. The molecule has 1 saturated heterocycles. The summed E-state index contributed by atoms with van der Waals surface area (Å²) in [4.78, 5) is 32.6. The molecule has 40 heavy (non-hydrogen) atoms. The van der Waals surface area contributed by atoms with E-state index >= 15 is 0 Å². The zero-order valence-electron chi connectivity index (χ0n) is 22.0. The van der Waals surface area contributed by atoms with Crippen LogP contribution >= 0.6 is 0 Å². The lowest BCUT2D eigenvalue weighted by molar-refractivity contribution is -0.112. The number of benzene rings is 1. The van der Waals surface area contributed by atoms with Crippen molar-refractivity contribution < 1.29 is 9.53 Å². The fraction of sp³-hybridized carbons (Fsp3) is 0.214. The molecule has 0 radical (unpaired) electrons. The molecule has 5 heterocycles. The molecule has 0 spiro atoms. The summed E-state index contributed by atoms with van der Waals surface area (Å²) in [6.07, 6.45) is 7.22. The van der Waals surface area contributed by atoms with Crippen LogP contribution in [0.5, 0.6) is 0 Å². The number of aryl methyl sites for hydroxylation is 1. The van der Waals surface area contributed by atoms with E-state index in [1.807, 2.05) is 54.2 Å². The standard InChI is InChI=1S/C28H28N10O2/c1-18(25(29)39)19-4-3-5-20(12-19)21-6-7-22(30-13-21)14-31-26-24-27(35-28(34-26)37-8-10-40-11-9-37)38(17-32-24)23-15-33-36(2)16-23/h3-7,12-13,15-17H,1,8-11,14H2,2H3,(H2,29,39)(H,31,34,35). The first kappa shape index (κ1) is 25.2. The second-order valence-electron chi connectivity index (χ2n) is 9.45. The Morgan fingerprint density at radius 3 is 2.67 bits per heavy atom. The number of pyridine rings is 1. The molecule has 6 rings (SSSR count). The third kappa shape index (κ3) is 4.99. The Kier molecular flexibility index (Phi) is 6.66. The van der Waals surface area contributed by atoms with Crippen LogP contribution in [0.2, 0.25) is 0 Å². The summed E-state index contributed by atoms with van der Waals surface area (Å²) in [5.74, 6) is 0.694. The Labute approximate surface area is 230 Å². The first-order valence-corrected chi connectivity index (χ1v) is 12.8. The van der Waals surface area contributed by atoms with E-state index in [9.17, 15) is 4.79 Å². The van der Waals surface area contributed by atoms with Crippen LogP contribution in [0.15, 0.2) is 67.9 Å². The van der Waals surface area contributed by atoms with Crippen LogP contribution in [0.1, 0.15) is 11.3 Å². The van der Waals surface area contributed by atoms with E-state index in [0.717, 1.165) is 22.5 Å². The number of nitrogens with two attached hydrogens (primary N) is 1. The topological polar surface area (TPSA) is 142 Å². The summed E-state index contributed by atoms with van der Waals surface area (Å²) in [6, 6.07) is 11.5. The predicted octanol–water partition coefficient (Wildman–Crippen LogP) is 2.56. The van der Waals surface area contributed by atoms with Gasteiger partial charge in [0.2, 0.25) is 11.9 Å². The van der Waals surface area contributed by atoms with Gasteiger partial charge < -0.3 is 20.7 Å². The van der Waals surface area contributed by atoms with Gasteiger partial charge >= 0.3 is 0 Å². The molecule has 1 fully saturated rings. The Morgan fingerprint density at radius 2 is 1.95 bits per heavy atom. The van der Waals surface area contributed by atoms with Crippen LogP contribution < -0.4 is 16.0 Å². The van der Waals surface area contributed by atoms with E-state index in [1.54, 1.807) is 23.4 Å². The first-order chi connectivity index (χ1) is 19.5. The minimum atomic E-state index is -0.544. The van der Waals surface area contributed by atoms with E-state index < -0.39 is 5.91 Å². The number of carbonyl (C=O) groups is 1. The Morgan fingerprint density at radius 1 is 1.10 bits per heavy atom. The number of imidazole rings is 1. The van der Waals surface area contributed by atoms with Crippen LogP contribution in [-0.2, 0) is 23.1 Å². The normalized spacial score (nSPS) is 13.5. The number of hydrogen-bond acceptors (Lipinski definition) is 9. The number of nitrogens with zero attached hydrogens (tertiary/aromatic N) is 8. The highest BCUT2D eigenvalue weighted by Crippen LogP contribution is 2.26. The SMILES string of the molecule is C=C(C(N)=O)c1cccc(-c2ccc(CNc3nc(N4CCOCC4)nc4c3ncn4-c3cnn(C)c3)nc2)c1. The zero-order chi connectivity index (χ0) is 27.6.